The van der Waals surface area contributed by atoms with Gasteiger partial charge in [-0.05, 0) is 43.2 Å². The molecule has 0 aliphatic carbocycles. The predicted octanol–water partition coefficient (Wildman–Crippen LogP) is 4.98. The Labute approximate surface area is 131 Å². The van der Waals surface area contributed by atoms with Crippen LogP contribution in [0.15, 0.2) is 18.2 Å². The number of carboxylic acid groups (broad SMARTS) is 1. The molecule has 3 nitrogen and oxygen atoms in total. The average molecular weight is 330 g/mol. The van der Waals surface area contributed by atoms with Gasteiger partial charge < -0.3 is 10.4 Å². The van der Waals surface area contributed by atoms with E-state index in [0.717, 1.165) is 21.7 Å². The summed E-state index contributed by atoms with van der Waals surface area (Å²) in [4.78, 5) is 12.2. The molecule has 0 saturated carbocycles. The van der Waals surface area contributed by atoms with Gasteiger partial charge in [0.2, 0.25) is 0 Å². The number of hydrogen-bond acceptors (Lipinski definition) is 3. The number of thiophene rings is 1. The molecule has 1 aromatic carbocycles. The summed E-state index contributed by atoms with van der Waals surface area (Å²) in [5.41, 5.74) is 2.60. The minimum atomic E-state index is -0.902. The number of benzene rings is 1. The minimum Gasteiger partial charge on any atom is -0.477 e. The molecule has 0 bridgehead atoms. The third-order valence-electron chi connectivity index (χ3n) is 2.95. The lowest BCUT2D eigenvalue weighted by Crippen LogP contribution is -2.00. The van der Waals surface area contributed by atoms with Gasteiger partial charge in [-0.25, -0.2) is 4.79 Å². The zero-order valence-electron chi connectivity index (χ0n) is 11.0. The Balaban J connectivity index is 2.17. The molecule has 2 rings (SSSR count). The number of anilines is 1. The normalized spacial score (nSPS) is 10.6. The molecule has 0 radical (unpaired) electrons. The number of aryl methyl sites for hydroxylation is 2. The van der Waals surface area contributed by atoms with Gasteiger partial charge in [0.15, 0.2) is 0 Å². The first-order chi connectivity index (χ1) is 9.38. The Hall–Kier alpha value is -1.23. The lowest BCUT2D eigenvalue weighted by Gasteiger charge is -2.10. The van der Waals surface area contributed by atoms with Crippen LogP contribution >= 0.6 is 34.5 Å². The van der Waals surface area contributed by atoms with Crippen molar-refractivity contribution in [2.75, 3.05) is 5.32 Å². The molecule has 1 aromatic heterocycles. The van der Waals surface area contributed by atoms with Crippen molar-refractivity contribution in [2.24, 2.45) is 0 Å². The van der Waals surface area contributed by atoms with E-state index in [0.29, 0.717) is 21.5 Å². The molecule has 0 saturated heterocycles. The molecule has 2 N–H and O–H groups in total. The van der Waals surface area contributed by atoms with Crippen molar-refractivity contribution < 1.29 is 9.90 Å². The van der Waals surface area contributed by atoms with Crippen LogP contribution in [0.3, 0.4) is 0 Å². The van der Waals surface area contributed by atoms with Gasteiger partial charge in [0.1, 0.15) is 4.88 Å². The van der Waals surface area contributed by atoms with Crippen molar-refractivity contribution in [1.82, 2.24) is 0 Å². The van der Waals surface area contributed by atoms with Gasteiger partial charge in [-0.15, -0.1) is 11.3 Å². The fraction of sp³-hybridized carbons (Fsp3) is 0.214. The highest BCUT2D eigenvalue weighted by Gasteiger charge is 2.11. The van der Waals surface area contributed by atoms with Crippen molar-refractivity contribution in [3.8, 4) is 0 Å². The summed E-state index contributed by atoms with van der Waals surface area (Å²) in [5.74, 6) is -0.902. The van der Waals surface area contributed by atoms with Crippen LogP contribution in [0.5, 0.6) is 0 Å². The summed E-state index contributed by atoms with van der Waals surface area (Å²) in [6.45, 7) is 4.30. The van der Waals surface area contributed by atoms with Gasteiger partial charge in [-0.1, -0.05) is 23.2 Å². The summed E-state index contributed by atoms with van der Waals surface area (Å²) in [6.07, 6.45) is 0. The molecule has 0 spiro atoms. The number of rotatable bonds is 4. The fourth-order valence-electron chi connectivity index (χ4n) is 1.77. The first kappa shape index (κ1) is 15.2. The molecule has 0 amide bonds. The summed E-state index contributed by atoms with van der Waals surface area (Å²) < 4.78 is 0. The minimum absolute atomic E-state index is 0.340. The Morgan fingerprint density at radius 1 is 1.25 bits per heavy atom. The van der Waals surface area contributed by atoms with Crippen molar-refractivity contribution >= 4 is 46.2 Å². The fourth-order valence-corrected chi connectivity index (χ4v) is 3.10. The third-order valence-corrected chi connectivity index (χ3v) is 4.75. The molecule has 20 heavy (non-hydrogen) atoms. The van der Waals surface area contributed by atoms with E-state index >= 15 is 0 Å². The number of halogens is 2. The second kappa shape index (κ2) is 6.04. The van der Waals surface area contributed by atoms with Crippen LogP contribution in [0.1, 0.15) is 25.7 Å². The second-order valence-corrected chi connectivity index (χ2v) is 6.50. The summed E-state index contributed by atoms with van der Waals surface area (Å²) in [5, 5.41) is 13.4. The number of carboxylic acids is 1. The van der Waals surface area contributed by atoms with Gasteiger partial charge in [0, 0.05) is 16.4 Å². The highest BCUT2D eigenvalue weighted by Crippen LogP contribution is 2.30. The molecular formula is C14H13Cl2NO2S. The summed E-state index contributed by atoms with van der Waals surface area (Å²) >= 11 is 13.5. The van der Waals surface area contributed by atoms with E-state index < -0.39 is 5.97 Å². The van der Waals surface area contributed by atoms with Gasteiger partial charge >= 0.3 is 5.97 Å². The highest BCUT2D eigenvalue weighted by molar-refractivity contribution is 7.14. The lowest BCUT2D eigenvalue weighted by molar-refractivity contribution is 0.0702. The SMILES string of the molecule is Cc1cc(Cl)c(NCc2cc(C(=O)O)sc2C)cc1Cl. The summed E-state index contributed by atoms with van der Waals surface area (Å²) in [7, 11) is 0. The molecular weight excluding hydrogens is 317 g/mol. The molecule has 2 aromatic rings. The van der Waals surface area contributed by atoms with Crippen molar-refractivity contribution in [2.45, 2.75) is 20.4 Å². The van der Waals surface area contributed by atoms with Crippen molar-refractivity contribution in [3.63, 3.8) is 0 Å². The van der Waals surface area contributed by atoms with E-state index in [9.17, 15) is 4.79 Å². The Morgan fingerprint density at radius 3 is 2.55 bits per heavy atom. The van der Waals surface area contributed by atoms with E-state index in [1.165, 1.54) is 11.3 Å². The second-order valence-electron chi connectivity index (χ2n) is 4.43. The van der Waals surface area contributed by atoms with Crippen molar-refractivity contribution in [1.29, 1.82) is 0 Å². The number of hydrogen-bond donors (Lipinski definition) is 2. The largest absolute Gasteiger partial charge is 0.477 e. The van der Waals surface area contributed by atoms with Crippen LogP contribution in [0.4, 0.5) is 5.69 Å². The first-order valence-electron chi connectivity index (χ1n) is 5.90. The monoisotopic (exact) mass is 329 g/mol. The van der Waals surface area contributed by atoms with E-state index in [2.05, 4.69) is 5.32 Å². The van der Waals surface area contributed by atoms with Crippen LogP contribution < -0.4 is 5.32 Å². The molecule has 6 heteroatoms. The van der Waals surface area contributed by atoms with Gasteiger partial charge in [0.05, 0.1) is 10.7 Å². The van der Waals surface area contributed by atoms with E-state index in [4.69, 9.17) is 28.3 Å². The van der Waals surface area contributed by atoms with E-state index in [1.54, 1.807) is 18.2 Å². The van der Waals surface area contributed by atoms with Crippen LogP contribution in [0, 0.1) is 13.8 Å². The summed E-state index contributed by atoms with van der Waals surface area (Å²) in [6, 6.07) is 5.26. The van der Waals surface area contributed by atoms with Crippen LogP contribution in [0.2, 0.25) is 10.0 Å². The van der Waals surface area contributed by atoms with E-state index in [-0.39, 0.29) is 0 Å². The smallest absolute Gasteiger partial charge is 0.345 e. The maximum atomic E-state index is 10.9. The maximum Gasteiger partial charge on any atom is 0.345 e. The molecule has 0 aliphatic rings. The van der Waals surface area contributed by atoms with Crippen LogP contribution in [-0.2, 0) is 6.54 Å². The standard InChI is InChI=1S/C14H13Cl2NO2S/c1-7-3-11(16)12(5-10(7)15)17-6-9-4-13(14(18)19)20-8(9)2/h3-5,17H,6H2,1-2H3,(H,18,19). The lowest BCUT2D eigenvalue weighted by atomic mass is 10.2. The molecule has 1 heterocycles. The molecule has 0 aliphatic heterocycles. The number of aromatic carboxylic acids is 1. The molecule has 0 fully saturated rings. The first-order valence-corrected chi connectivity index (χ1v) is 7.48. The zero-order chi connectivity index (χ0) is 14.9. The Morgan fingerprint density at radius 2 is 1.95 bits per heavy atom. The van der Waals surface area contributed by atoms with E-state index in [1.807, 2.05) is 13.8 Å². The van der Waals surface area contributed by atoms with Gasteiger partial charge in [0.25, 0.3) is 0 Å². The quantitative estimate of drug-likeness (QED) is 0.831. The van der Waals surface area contributed by atoms with Gasteiger partial charge in [-0.3, -0.25) is 0 Å². The van der Waals surface area contributed by atoms with Gasteiger partial charge in [-0.2, -0.15) is 0 Å². The zero-order valence-corrected chi connectivity index (χ0v) is 13.3. The predicted molar refractivity (Wildman–Crippen MR) is 84.5 cm³/mol. The number of carbonyl (C=O) groups is 1. The van der Waals surface area contributed by atoms with Crippen molar-refractivity contribution in [3.05, 3.63) is 49.1 Å². The highest BCUT2D eigenvalue weighted by atomic mass is 35.5. The number of nitrogens with one attached hydrogen (secondary N) is 1. The van der Waals surface area contributed by atoms with Crippen LogP contribution in [0.25, 0.3) is 0 Å². The molecule has 0 unspecified atom stereocenters. The average Bonchev–Trinajstić information content (AvgIpc) is 2.74. The third kappa shape index (κ3) is 3.26. The Kier molecular flexibility index (Phi) is 4.58. The molecule has 0 atom stereocenters. The molecule has 106 valence electrons. The topological polar surface area (TPSA) is 49.3 Å². The Bertz CT molecular complexity index is 667. The maximum absolute atomic E-state index is 10.9. The van der Waals surface area contributed by atoms with Crippen LogP contribution in [-0.4, -0.2) is 11.1 Å².